The molecule has 0 amide bonds. The van der Waals surface area contributed by atoms with E-state index in [-0.39, 0.29) is 18.8 Å². The van der Waals surface area contributed by atoms with Crippen molar-refractivity contribution in [3.63, 3.8) is 0 Å². The van der Waals surface area contributed by atoms with Gasteiger partial charge in [-0.1, -0.05) is 24.3 Å². The van der Waals surface area contributed by atoms with Crippen molar-refractivity contribution < 1.29 is 44.6 Å². The fourth-order valence-corrected chi connectivity index (χ4v) is 7.29. The van der Waals surface area contributed by atoms with Crippen molar-refractivity contribution in [3.8, 4) is 17.2 Å². The molecule has 0 spiro atoms. The Morgan fingerprint density at radius 1 is 0.927 bits per heavy atom. The van der Waals surface area contributed by atoms with E-state index in [1.54, 1.807) is 53.4 Å². The summed E-state index contributed by atoms with van der Waals surface area (Å²) in [7, 11) is -8.26. The van der Waals surface area contributed by atoms with Gasteiger partial charge in [0.25, 0.3) is 0 Å². The van der Waals surface area contributed by atoms with Gasteiger partial charge in [-0.05, 0) is 55.5 Å². The highest BCUT2D eigenvalue weighted by Gasteiger charge is 2.46. The number of nitrogens with zero attached hydrogens (tertiary/aromatic N) is 2. The van der Waals surface area contributed by atoms with E-state index in [0.717, 1.165) is 28.6 Å². The lowest BCUT2D eigenvalue weighted by atomic mass is 9.96. The predicted octanol–water partition coefficient (Wildman–Crippen LogP) is 3.57. The number of para-hydroxylation sites is 4. The van der Waals surface area contributed by atoms with Crippen molar-refractivity contribution in [2.45, 2.75) is 36.4 Å². The Hall–Kier alpha value is -3.37. The highest BCUT2D eigenvalue weighted by Crippen LogP contribution is 2.48. The lowest BCUT2D eigenvalue weighted by Crippen LogP contribution is -2.66. The monoisotopic (exact) mass is 613 g/mol. The van der Waals surface area contributed by atoms with E-state index in [9.17, 15) is 35.1 Å². The third-order valence-corrected chi connectivity index (χ3v) is 10.2. The zero-order valence-corrected chi connectivity index (χ0v) is 23.2. The average Bonchev–Trinajstić information content (AvgIpc) is 2.92. The van der Waals surface area contributed by atoms with Crippen LogP contribution in [0.3, 0.4) is 0 Å². The number of benzene rings is 3. The minimum Gasteiger partial charge on any atom is -0.453 e. The number of alkyl halides is 3. The Balaban J connectivity index is 1.51. The van der Waals surface area contributed by atoms with Gasteiger partial charge in [-0.25, -0.2) is 21.6 Å². The summed E-state index contributed by atoms with van der Waals surface area (Å²) in [6.45, 7) is 0.941. The highest BCUT2D eigenvalue weighted by molar-refractivity contribution is 7.89. The summed E-state index contributed by atoms with van der Waals surface area (Å²) in [6, 6.07) is 15.2. The molecule has 2 heterocycles. The highest BCUT2D eigenvalue weighted by atomic mass is 32.2. The lowest BCUT2D eigenvalue weighted by Gasteiger charge is -2.47. The molecule has 220 valence electrons. The molecule has 2 aliphatic rings. The van der Waals surface area contributed by atoms with Gasteiger partial charge < -0.3 is 19.5 Å². The number of fused-ring (bicyclic) bond motifs is 2. The maximum absolute atomic E-state index is 13.3. The van der Waals surface area contributed by atoms with Crippen molar-refractivity contribution in [1.82, 2.24) is 9.03 Å². The summed E-state index contributed by atoms with van der Waals surface area (Å²) in [6.07, 6.45) is -6.37. The van der Waals surface area contributed by atoms with Crippen molar-refractivity contribution in [2.75, 3.05) is 23.7 Å². The van der Waals surface area contributed by atoms with Crippen LogP contribution in [-0.2, 0) is 20.0 Å². The minimum atomic E-state index is -4.95. The number of nitrogens with one attached hydrogen (secondary N) is 1. The van der Waals surface area contributed by atoms with Gasteiger partial charge in [0.05, 0.1) is 40.2 Å². The first-order chi connectivity index (χ1) is 19.3. The second-order valence-electron chi connectivity index (χ2n) is 9.43. The van der Waals surface area contributed by atoms with Gasteiger partial charge in [0.1, 0.15) is 5.75 Å². The topological polar surface area (TPSA) is 125 Å². The molecule has 10 nitrogen and oxygen atoms in total. The normalized spacial score (nSPS) is 21.5. The SMILES string of the molecule is CCS(=O)(=O)N1C[C@@H](NS(=O)(=O)c2ccc(OC(F)(F)F)cc2)[C@H](O)[C@@H](N2c3ccccc3Oc3ccccc32)C1. The quantitative estimate of drug-likeness (QED) is 0.415. The number of aliphatic hydroxyl groups is 1. The summed E-state index contributed by atoms with van der Waals surface area (Å²) in [5.41, 5.74) is 1.10. The number of anilines is 2. The third kappa shape index (κ3) is 5.99. The van der Waals surface area contributed by atoms with Gasteiger partial charge in [-0.2, -0.15) is 4.31 Å². The van der Waals surface area contributed by atoms with E-state index in [4.69, 9.17) is 4.74 Å². The van der Waals surface area contributed by atoms with Gasteiger partial charge in [-0.15, -0.1) is 13.2 Å². The third-order valence-electron chi connectivity index (χ3n) is 6.83. The second kappa shape index (κ2) is 10.8. The van der Waals surface area contributed by atoms with Gasteiger partial charge in [0, 0.05) is 13.1 Å². The molecule has 2 N–H and O–H groups in total. The van der Waals surface area contributed by atoms with Gasteiger partial charge >= 0.3 is 6.36 Å². The molecule has 1 saturated heterocycles. The van der Waals surface area contributed by atoms with Crippen molar-refractivity contribution in [3.05, 3.63) is 72.8 Å². The van der Waals surface area contributed by atoms with Crippen molar-refractivity contribution >= 4 is 31.4 Å². The Morgan fingerprint density at radius 2 is 1.49 bits per heavy atom. The van der Waals surface area contributed by atoms with Crippen LogP contribution in [0.1, 0.15) is 6.92 Å². The Labute approximate surface area is 235 Å². The lowest BCUT2D eigenvalue weighted by molar-refractivity contribution is -0.274. The molecule has 0 saturated carbocycles. The molecule has 3 aromatic rings. The largest absolute Gasteiger partial charge is 0.573 e. The average molecular weight is 614 g/mol. The summed E-state index contributed by atoms with van der Waals surface area (Å²) < 4.78 is 103. The standard InChI is InChI=1S/C26H26F3N3O7S2/c1-2-40(34,35)31-15-19(30-41(36,37)18-13-11-17(12-14-18)39-26(27,28)29)25(33)22(16-31)32-20-7-3-5-9-23(20)38-24-10-6-4-8-21(24)32/h3-14,19,22,25,30,33H,2,15-16H2,1H3/t19-,22+,25+/m1/s1. The fraction of sp³-hybridized carbons (Fsp3) is 0.308. The van der Waals surface area contributed by atoms with Crippen LogP contribution in [0.2, 0.25) is 0 Å². The van der Waals surface area contributed by atoms with Gasteiger partial charge in [0.15, 0.2) is 11.5 Å². The zero-order chi connectivity index (χ0) is 29.6. The first-order valence-electron chi connectivity index (χ1n) is 12.5. The predicted molar refractivity (Wildman–Crippen MR) is 143 cm³/mol. The van der Waals surface area contributed by atoms with Gasteiger partial charge in [-0.3, -0.25) is 0 Å². The maximum atomic E-state index is 13.3. The Kier molecular flexibility index (Phi) is 7.67. The molecular weight excluding hydrogens is 587 g/mol. The molecule has 0 unspecified atom stereocenters. The van der Waals surface area contributed by atoms with E-state index in [0.29, 0.717) is 22.9 Å². The number of sulfonamides is 2. The number of hydrogen-bond acceptors (Lipinski definition) is 8. The fourth-order valence-electron chi connectivity index (χ4n) is 4.92. The van der Waals surface area contributed by atoms with Gasteiger partial charge in [0.2, 0.25) is 20.0 Å². The molecule has 2 aliphatic heterocycles. The van der Waals surface area contributed by atoms with E-state index in [2.05, 4.69) is 9.46 Å². The summed E-state index contributed by atoms with van der Waals surface area (Å²) >= 11 is 0. The number of hydrogen-bond donors (Lipinski definition) is 2. The molecule has 3 atom stereocenters. The number of ether oxygens (including phenoxy) is 2. The van der Waals surface area contributed by atoms with Crippen LogP contribution >= 0.6 is 0 Å². The molecule has 0 radical (unpaired) electrons. The number of aliphatic hydroxyl groups excluding tert-OH is 1. The maximum Gasteiger partial charge on any atom is 0.573 e. The Bertz CT molecular complexity index is 1590. The van der Waals surface area contributed by atoms with Crippen LogP contribution < -0.4 is 19.1 Å². The van der Waals surface area contributed by atoms with E-state index in [1.165, 1.54) is 6.92 Å². The first kappa shape index (κ1) is 29.1. The number of halogens is 3. The molecule has 0 bridgehead atoms. The molecular formula is C26H26F3N3O7S2. The van der Waals surface area contributed by atoms with Crippen LogP contribution in [0.25, 0.3) is 0 Å². The number of piperidine rings is 1. The van der Waals surface area contributed by atoms with Crippen molar-refractivity contribution in [1.29, 1.82) is 0 Å². The smallest absolute Gasteiger partial charge is 0.453 e. The van der Waals surface area contributed by atoms with Crippen molar-refractivity contribution in [2.24, 2.45) is 0 Å². The Morgan fingerprint density at radius 3 is 2.02 bits per heavy atom. The first-order valence-corrected chi connectivity index (χ1v) is 15.6. The summed E-state index contributed by atoms with van der Waals surface area (Å²) in [5, 5.41) is 11.6. The van der Waals surface area contributed by atoms with Crippen LogP contribution in [-0.4, -0.2) is 69.6 Å². The zero-order valence-electron chi connectivity index (χ0n) is 21.5. The van der Waals surface area contributed by atoms with E-state index < -0.39 is 55.2 Å². The summed E-state index contributed by atoms with van der Waals surface area (Å²) in [5.74, 6) is 0.0603. The molecule has 5 rings (SSSR count). The second-order valence-corrected chi connectivity index (χ2v) is 13.4. The van der Waals surface area contributed by atoms with E-state index in [1.807, 2.05) is 0 Å². The van der Waals surface area contributed by atoms with E-state index >= 15 is 0 Å². The molecule has 0 aromatic heterocycles. The molecule has 1 fully saturated rings. The number of rotatable bonds is 7. The minimum absolute atomic E-state index is 0.151. The van der Waals surface area contributed by atoms with Crippen LogP contribution in [0.15, 0.2) is 77.7 Å². The molecule has 0 aliphatic carbocycles. The summed E-state index contributed by atoms with van der Waals surface area (Å²) in [4.78, 5) is 1.34. The molecule has 15 heteroatoms. The molecule has 41 heavy (non-hydrogen) atoms. The van der Waals surface area contributed by atoms with Crippen LogP contribution in [0, 0.1) is 0 Å². The van der Waals surface area contributed by atoms with Crippen LogP contribution in [0.4, 0.5) is 24.5 Å². The van der Waals surface area contributed by atoms with Crippen LogP contribution in [0.5, 0.6) is 17.2 Å². The molecule has 3 aromatic carbocycles.